The molecule has 0 bridgehead atoms. The Morgan fingerprint density at radius 1 is 0.333 bits per heavy atom. The number of hydrogen-bond acceptors (Lipinski definition) is 51. The van der Waals surface area contributed by atoms with Crippen LogP contribution < -0.4 is 42.5 Å². The van der Waals surface area contributed by atoms with Crippen molar-refractivity contribution in [2.45, 2.75) is 362 Å². The monoisotopic (exact) mass is 2140 g/mol. The van der Waals surface area contributed by atoms with Gasteiger partial charge in [0, 0.05) is 92.8 Å². The van der Waals surface area contributed by atoms with Gasteiger partial charge in [-0.3, -0.25) is 38.4 Å². The fraction of sp³-hybridized carbons (Fsp3) is 0.884. The number of carbonyl (C=O) groups excluding carboxylic acids is 8. The van der Waals surface area contributed by atoms with E-state index in [0.29, 0.717) is 25.7 Å². The van der Waals surface area contributed by atoms with Crippen LogP contribution in [-0.4, -0.2) is 557 Å². The maximum absolute atomic E-state index is 13.2. The predicted molar refractivity (Wildman–Crippen MR) is 475 cm³/mol. The van der Waals surface area contributed by atoms with Gasteiger partial charge in [0.25, 0.3) is 11.6 Å². The van der Waals surface area contributed by atoms with E-state index in [1.165, 1.54) is 13.8 Å². The molecule has 0 radical (unpaired) electrons. The van der Waals surface area contributed by atoms with Gasteiger partial charge in [-0.2, -0.15) is 0 Å². The average Bonchev–Trinajstić information content (AvgIpc) is 0.732. The van der Waals surface area contributed by atoms with Crippen LogP contribution >= 0.6 is 0 Å². The Bertz CT molecular complexity index is 3820. The number of carboxylic acid groups (broad SMARTS) is 2. The minimum absolute atomic E-state index is 0.00741. The SMILES string of the molecule is CC(=O)N[C@H]1[C@H](OCCCCCC(=O)NCCNC(=O)COCCOCCOCC(=O)NCCNC(=O)CCCCCO[C@@H]2O[C@H](CO)[C@@H](O[C@@H]3O[C@H](CO)[C@H](O)[C@H](O[C@]4(C(=O)O)C[C@H](O)[C@@H](NC(C)=O)[C@H]([C@H](O)[C@H](O)CO)O4)[C@H]3O)[C@H](O[C@@H]3O[C@@H](C)[C@@H](O)[C@@H](O)[C@@H]3O)[C@H]2NC(C)=O)O[C@H](CO)[C@@H](O[C@@H]2O[C@H](CO)[C@H](O)[C@H](O[C@]3(C(=O)O)C[C@H](O)[C@@H](NC(C)=O)[C@H]([C@H](O)[C@H](O)CO)O3)[C@H]2O)[C@@H]1O[C@@H]1O[C@@H](C)[C@@H](O)[C@@H](O)[C@@H]1O. The lowest BCUT2D eigenvalue weighted by Gasteiger charge is -2.51. The van der Waals surface area contributed by atoms with Crippen LogP contribution in [0.25, 0.3) is 0 Å². The minimum Gasteiger partial charge on any atom is -0.477 e. The van der Waals surface area contributed by atoms with Crippen molar-refractivity contribution in [3.63, 3.8) is 0 Å². The molecule has 8 aliphatic rings. The highest BCUT2D eigenvalue weighted by atomic mass is 16.8. The number of ether oxygens (including phenoxy) is 19. The van der Waals surface area contributed by atoms with E-state index in [4.69, 9.17) is 90.0 Å². The van der Waals surface area contributed by atoms with Crippen LogP contribution in [0.1, 0.15) is 106 Å². The van der Waals surface area contributed by atoms with Crippen LogP contribution in [0.5, 0.6) is 0 Å². The summed E-state index contributed by atoms with van der Waals surface area (Å²) >= 11 is 0. The molecule has 61 nitrogen and oxygen atoms in total. The van der Waals surface area contributed by atoms with E-state index >= 15 is 0 Å². The molecule has 8 amide bonds. The summed E-state index contributed by atoms with van der Waals surface area (Å²) < 4.78 is 112. The largest absolute Gasteiger partial charge is 0.477 e. The van der Waals surface area contributed by atoms with E-state index in [1.807, 2.05) is 0 Å². The number of aliphatic hydroxyl groups excluding tert-OH is 22. The molecule has 0 aromatic carbocycles. The van der Waals surface area contributed by atoms with E-state index in [-0.39, 0.29) is 117 Å². The molecular formula is C86H146N8O53. The van der Waals surface area contributed by atoms with Gasteiger partial charge in [-0.05, 0) is 39.5 Å². The minimum atomic E-state index is -3.20. The molecule has 61 heteroatoms. The third-order valence-corrected chi connectivity index (χ3v) is 25.3. The maximum atomic E-state index is 13.2. The van der Waals surface area contributed by atoms with Crippen LogP contribution in [0.2, 0.25) is 0 Å². The zero-order chi connectivity index (χ0) is 109. The van der Waals surface area contributed by atoms with Crippen molar-refractivity contribution in [2.24, 2.45) is 0 Å². The van der Waals surface area contributed by atoms with Crippen LogP contribution in [0.3, 0.4) is 0 Å². The second kappa shape index (κ2) is 60.1. The molecule has 0 saturated carbocycles. The number of amides is 8. The van der Waals surface area contributed by atoms with Crippen molar-refractivity contribution in [1.82, 2.24) is 42.5 Å². The van der Waals surface area contributed by atoms with E-state index in [9.17, 15) is 171 Å². The van der Waals surface area contributed by atoms with Gasteiger partial charge in [-0.15, -0.1) is 0 Å². The number of aliphatic carboxylic acids is 2. The van der Waals surface area contributed by atoms with Crippen LogP contribution in [0.15, 0.2) is 0 Å². The van der Waals surface area contributed by atoms with Gasteiger partial charge in [0.15, 0.2) is 37.7 Å². The second-order valence-corrected chi connectivity index (χ2v) is 36.5. The van der Waals surface area contributed by atoms with E-state index < -0.39 is 356 Å². The zero-order valence-corrected chi connectivity index (χ0v) is 81.5. The first kappa shape index (κ1) is 125. The van der Waals surface area contributed by atoms with Crippen LogP contribution in [-0.2, 0) is 138 Å². The third kappa shape index (κ3) is 34.5. The van der Waals surface area contributed by atoms with Crippen LogP contribution in [0.4, 0.5) is 0 Å². The highest BCUT2D eigenvalue weighted by Crippen LogP contribution is 2.43. The Morgan fingerprint density at radius 3 is 0.959 bits per heavy atom. The summed E-state index contributed by atoms with van der Waals surface area (Å²) in [5.41, 5.74) is 0. The number of unbranched alkanes of at least 4 members (excludes halogenated alkanes) is 4. The summed E-state index contributed by atoms with van der Waals surface area (Å²) in [6, 6.07) is -6.49. The summed E-state index contributed by atoms with van der Waals surface area (Å²) in [6.07, 6.45) is -70.6. The topological polar surface area (TPSA) is 928 Å². The quantitative estimate of drug-likeness (QED) is 0.0251. The van der Waals surface area contributed by atoms with Gasteiger partial charge in [-0.25, -0.2) is 9.59 Å². The van der Waals surface area contributed by atoms with E-state index in [1.54, 1.807) is 0 Å². The lowest BCUT2D eigenvalue weighted by molar-refractivity contribution is -0.391. The molecule has 0 aromatic heterocycles. The molecule has 8 fully saturated rings. The van der Waals surface area contributed by atoms with Gasteiger partial charge in [0.2, 0.25) is 47.3 Å². The Balaban J connectivity index is 0.709. The maximum Gasteiger partial charge on any atom is 0.364 e. The number of hydrogen-bond donors (Lipinski definition) is 32. The van der Waals surface area contributed by atoms with Crippen LogP contribution in [0, 0.1) is 0 Å². The highest BCUT2D eigenvalue weighted by molar-refractivity contribution is 5.80. The summed E-state index contributed by atoms with van der Waals surface area (Å²) in [6.45, 7) is -0.643. The first-order chi connectivity index (χ1) is 69.7. The highest BCUT2D eigenvalue weighted by Gasteiger charge is 2.65. The van der Waals surface area contributed by atoms with Crippen molar-refractivity contribution < 1.29 is 261 Å². The van der Waals surface area contributed by atoms with Crippen molar-refractivity contribution >= 4 is 59.2 Å². The lowest BCUT2D eigenvalue weighted by atomic mass is 9.88. The fourth-order valence-corrected chi connectivity index (χ4v) is 17.5. The Kier molecular flexibility index (Phi) is 51.2. The number of rotatable bonds is 58. The first-order valence-electron chi connectivity index (χ1n) is 48.0. The Hall–Kier alpha value is -6.94. The van der Waals surface area contributed by atoms with Gasteiger partial charge < -0.3 is 255 Å². The standard InChI is InChI=1S/C86H146N8O53/c1-35-57(113)63(119)65(121)79(134-35)142-73-55(93-39(5)103)77(138-47(31-99)69(73)140-81-67(123)75(61(117)45(29-97)136-81)146-85(83(125)126)25-41(105)53(91-37(3)101)71(144-85)59(115)43(107)27-95)132-19-11-7-9-13-49(109)87-15-17-89-51(111)33-130-23-21-129-22-24-131-34-52(112)90-18-16-88-50(110)14-10-8-12-20-133-78-56(94-40(6)104)74(143-80-66(122)64(120)58(114)36(2)135-80)70(48(32-100)139-78)141-82-68(124)76(62(118)46(30-98)137-82)147-86(84(127)128)26-42(106)54(92-38(4)102)72(145-86)60(116)44(108)28-96/h35-36,41-48,53-82,95-100,105-108,113-124H,7-34H2,1-6H3,(H,87,109)(H,88,110)(H,89,111)(H,90,112)(H,91,101)(H,92,102)(H,93,103)(H,94,104)(H,125,126)(H,127,128)/t35-,36-,41-,42-,43+,44+,45+,46+,47+,48+,53+,54+,55+,56+,57+,58+,59+,60+,61-,62-,63+,64+,65-,66-,67+,68+,69+,70+,71+,72+,73+,74+,75-,76-,77+,78+,79-,80-,81-,82-,85-,86-/m0/s1. The Morgan fingerprint density at radius 2 is 0.639 bits per heavy atom. The normalized spacial score (nSPS) is 37.6. The molecule has 8 saturated heterocycles. The molecule has 32 N–H and O–H groups in total. The van der Waals surface area contributed by atoms with Gasteiger partial charge in [0.1, 0.15) is 184 Å². The second-order valence-electron chi connectivity index (χ2n) is 36.5. The molecule has 0 spiro atoms. The predicted octanol–water partition coefficient (Wildman–Crippen LogP) is -17.8. The number of carboxylic acids is 2. The molecule has 42 atom stereocenters. The molecule has 147 heavy (non-hydrogen) atoms. The van der Waals surface area contributed by atoms with Crippen molar-refractivity contribution in [1.29, 1.82) is 0 Å². The number of aliphatic hydroxyl groups is 22. The van der Waals surface area contributed by atoms with E-state index in [2.05, 4.69) is 42.5 Å². The van der Waals surface area contributed by atoms with Gasteiger partial charge in [-0.1, -0.05) is 12.8 Å². The molecule has 0 unspecified atom stereocenters. The fourth-order valence-electron chi connectivity index (χ4n) is 17.5. The summed E-state index contributed by atoms with van der Waals surface area (Å²) in [4.78, 5) is 127. The third-order valence-electron chi connectivity index (χ3n) is 25.3. The Labute approximate surface area is 840 Å². The van der Waals surface area contributed by atoms with Crippen molar-refractivity contribution in [2.75, 3.05) is 119 Å². The summed E-state index contributed by atoms with van der Waals surface area (Å²) in [5.74, 6) is -15.5. The molecule has 0 aromatic rings. The molecule has 8 aliphatic heterocycles. The zero-order valence-electron chi connectivity index (χ0n) is 81.5. The average molecular weight is 2140 g/mol. The molecule has 0 aliphatic carbocycles. The number of nitrogens with one attached hydrogen (secondary N) is 8. The first-order valence-corrected chi connectivity index (χ1v) is 48.0. The smallest absolute Gasteiger partial charge is 0.364 e. The van der Waals surface area contributed by atoms with Crippen molar-refractivity contribution in [3.05, 3.63) is 0 Å². The molecule has 8 heterocycles. The molecule has 848 valence electrons. The van der Waals surface area contributed by atoms with Gasteiger partial charge in [0.05, 0.1) is 103 Å². The summed E-state index contributed by atoms with van der Waals surface area (Å²) in [5, 5.41) is 281. The van der Waals surface area contributed by atoms with E-state index in [0.717, 1.165) is 27.7 Å². The molecule has 8 rings (SSSR count). The number of carbonyl (C=O) groups is 10. The van der Waals surface area contributed by atoms with Crippen molar-refractivity contribution in [3.8, 4) is 0 Å². The summed E-state index contributed by atoms with van der Waals surface area (Å²) in [7, 11) is 0. The molecular weight excluding hydrogens is 1990 g/mol. The van der Waals surface area contributed by atoms with Gasteiger partial charge >= 0.3 is 11.9 Å². The lowest BCUT2D eigenvalue weighted by Crippen LogP contribution is -2.71.